The van der Waals surface area contributed by atoms with Crippen molar-refractivity contribution in [2.45, 2.75) is 25.8 Å². The molecule has 0 aliphatic heterocycles. The highest BCUT2D eigenvalue weighted by Gasteiger charge is 2.16. The van der Waals surface area contributed by atoms with Crippen molar-refractivity contribution in [1.29, 1.82) is 0 Å². The molecule has 1 aliphatic rings. The van der Waals surface area contributed by atoms with Crippen LogP contribution in [0.1, 0.15) is 24.8 Å². The molecule has 0 atom stereocenters. The lowest BCUT2D eigenvalue weighted by atomic mass is 9.85. The van der Waals surface area contributed by atoms with Gasteiger partial charge in [-0.05, 0) is 59.8 Å². The topological polar surface area (TPSA) is 21.3 Å². The molecule has 0 bridgehead atoms. The maximum absolute atomic E-state index is 5.25. The van der Waals surface area contributed by atoms with Crippen LogP contribution in [0.15, 0.2) is 36.4 Å². The first-order valence-corrected chi connectivity index (χ1v) is 7.12. The lowest BCUT2D eigenvalue weighted by molar-refractivity contribution is 0.301. The highest BCUT2D eigenvalue weighted by atomic mass is 16.5. The number of ether oxygens (including phenoxy) is 1. The molecule has 1 saturated carbocycles. The Labute approximate surface area is 114 Å². The molecule has 2 nitrogen and oxygen atoms in total. The Morgan fingerprint density at radius 1 is 1.11 bits per heavy atom. The molecule has 0 radical (unpaired) electrons. The van der Waals surface area contributed by atoms with Crippen molar-refractivity contribution in [2.75, 3.05) is 13.7 Å². The summed E-state index contributed by atoms with van der Waals surface area (Å²) in [7, 11) is 1.71. The van der Waals surface area contributed by atoms with Crippen LogP contribution in [0, 0.1) is 5.92 Å². The highest BCUT2D eigenvalue weighted by molar-refractivity contribution is 5.84. The van der Waals surface area contributed by atoms with Gasteiger partial charge in [0.2, 0.25) is 0 Å². The number of benzene rings is 2. The summed E-state index contributed by atoms with van der Waals surface area (Å²) >= 11 is 0. The van der Waals surface area contributed by atoms with Crippen LogP contribution in [0.25, 0.3) is 10.8 Å². The van der Waals surface area contributed by atoms with Gasteiger partial charge >= 0.3 is 0 Å². The van der Waals surface area contributed by atoms with Gasteiger partial charge in [0.25, 0.3) is 0 Å². The fourth-order valence-corrected chi connectivity index (χ4v) is 2.63. The summed E-state index contributed by atoms with van der Waals surface area (Å²) in [5.41, 5.74) is 1.36. The lowest BCUT2D eigenvalue weighted by Crippen LogP contribution is -2.26. The van der Waals surface area contributed by atoms with Gasteiger partial charge < -0.3 is 10.1 Å². The van der Waals surface area contributed by atoms with Gasteiger partial charge in [-0.2, -0.15) is 0 Å². The summed E-state index contributed by atoms with van der Waals surface area (Å²) < 4.78 is 5.25. The van der Waals surface area contributed by atoms with Crippen LogP contribution in [0.2, 0.25) is 0 Å². The SMILES string of the molecule is COc1ccc2cc(CNCC3CCC3)ccc2c1. The smallest absolute Gasteiger partial charge is 0.119 e. The van der Waals surface area contributed by atoms with E-state index in [0.717, 1.165) is 18.2 Å². The Morgan fingerprint density at radius 3 is 2.63 bits per heavy atom. The van der Waals surface area contributed by atoms with Crippen molar-refractivity contribution in [3.8, 4) is 5.75 Å². The Morgan fingerprint density at radius 2 is 1.89 bits per heavy atom. The fraction of sp³-hybridized carbons (Fsp3) is 0.412. The van der Waals surface area contributed by atoms with E-state index in [2.05, 4.69) is 35.6 Å². The summed E-state index contributed by atoms with van der Waals surface area (Å²) in [6, 6.07) is 12.9. The molecule has 1 aliphatic carbocycles. The van der Waals surface area contributed by atoms with Gasteiger partial charge in [0.1, 0.15) is 5.75 Å². The van der Waals surface area contributed by atoms with E-state index < -0.39 is 0 Å². The van der Waals surface area contributed by atoms with Crippen molar-refractivity contribution in [2.24, 2.45) is 5.92 Å². The van der Waals surface area contributed by atoms with E-state index in [1.807, 2.05) is 6.07 Å². The normalized spacial score (nSPS) is 15.4. The zero-order chi connectivity index (χ0) is 13.1. The average Bonchev–Trinajstić information content (AvgIpc) is 2.41. The summed E-state index contributed by atoms with van der Waals surface area (Å²) in [6.07, 6.45) is 4.24. The van der Waals surface area contributed by atoms with Crippen molar-refractivity contribution in [3.05, 3.63) is 42.0 Å². The molecule has 100 valence electrons. The molecule has 1 N–H and O–H groups in total. The van der Waals surface area contributed by atoms with Crippen LogP contribution in [0.3, 0.4) is 0 Å². The molecule has 0 saturated heterocycles. The predicted octanol–water partition coefficient (Wildman–Crippen LogP) is 3.74. The lowest BCUT2D eigenvalue weighted by Gasteiger charge is -2.25. The average molecular weight is 255 g/mol. The molecular formula is C17H21NO. The first-order valence-electron chi connectivity index (χ1n) is 7.12. The van der Waals surface area contributed by atoms with E-state index in [4.69, 9.17) is 4.74 Å². The van der Waals surface area contributed by atoms with Gasteiger partial charge in [-0.3, -0.25) is 0 Å². The van der Waals surface area contributed by atoms with Crippen LogP contribution >= 0.6 is 0 Å². The van der Waals surface area contributed by atoms with Gasteiger partial charge in [-0.25, -0.2) is 0 Å². The maximum Gasteiger partial charge on any atom is 0.119 e. The van der Waals surface area contributed by atoms with E-state index in [1.54, 1.807) is 7.11 Å². The monoisotopic (exact) mass is 255 g/mol. The summed E-state index contributed by atoms with van der Waals surface area (Å²) in [5, 5.41) is 6.09. The van der Waals surface area contributed by atoms with E-state index in [1.165, 1.54) is 42.1 Å². The molecule has 2 aromatic rings. The molecule has 0 aromatic heterocycles. The molecule has 0 heterocycles. The van der Waals surface area contributed by atoms with E-state index in [9.17, 15) is 0 Å². The second-order valence-corrected chi connectivity index (χ2v) is 5.48. The summed E-state index contributed by atoms with van der Waals surface area (Å²) in [5.74, 6) is 1.84. The predicted molar refractivity (Wildman–Crippen MR) is 79.5 cm³/mol. The Bertz CT molecular complexity index is 560. The van der Waals surface area contributed by atoms with Gasteiger partial charge in [-0.15, -0.1) is 0 Å². The number of nitrogens with one attached hydrogen (secondary N) is 1. The number of rotatable bonds is 5. The Balaban J connectivity index is 1.66. The molecule has 0 amide bonds. The van der Waals surface area contributed by atoms with Gasteiger partial charge in [0.15, 0.2) is 0 Å². The minimum Gasteiger partial charge on any atom is -0.497 e. The first-order chi connectivity index (χ1) is 9.35. The van der Waals surface area contributed by atoms with Crippen molar-refractivity contribution in [3.63, 3.8) is 0 Å². The maximum atomic E-state index is 5.25. The van der Waals surface area contributed by atoms with E-state index in [0.29, 0.717) is 0 Å². The standard InChI is InChI=1S/C17H21NO/c1-19-17-8-7-15-9-14(5-6-16(15)10-17)12-18-11-13-3-2-4-13/h5-10,13,18H,2-4,11-12H2,1H3. The third kappa shape index (κ3) is 2.90. The molecule has 0 spiro atoms. The number of fused-ring (bicyclic) bond motifs is 1. The Kier molecular flexibility index (Phi) is 3.69. The number of hydrogen-bond acceptors (Lipinski definition) is 2. The van der Waals surface area contributed by atoms with Crippen LogP contribution in [0.5, 0.6) is 5.75 Å². The summed E-state index contributed by atoms with van der Waals surface area (Å²) in [6.45, 7) is 2.14. The number of hydrogen-bond donors (Lipinski definition) is 1. The molecule has 19 heavy (non-hydrogen) atoms. The van der Waals surface area contributed by atoms with E-state index >= 15 is 0 Å². The second kappa shape index (κ2) is 5.62. The largest absolute Gasteiger partial charge is 0.497 e. The highest BCUT2D eigenvalue weighted by Crippen LogP contribution is 2.25. The third-order valence-corrected chi connectivity index (χ3v) is 4.10. The Hall–Kier alpha value is -1.54. The van der Waals surface area contributed by atoms with Gasteiger partial charge in [0, 0.05) is 6.54 Å². The molecule has 2 heteroatoms. The molecule has 2 aromatic carbocycles. The van der Waals surface area contributed by atoms with Crippen LogP contribution in [0.4, 0.5) is 0 Å². The zero-order valence-corrected chi connectivity index (χ0v) is 11.5. The first kappa shape index (κ1) is 12.5. The number of methoxy groups -OCH3 is 1. The van der Waals surface area contributed by atoms with Crippen molar-refractivity contribution in [1.82, 2.24) is 5.32 Å². The van der Waals surface area contributed by atoms with Crippen molar-refractivity contribution >= 4 is 10.8 Å². The zero-order valence-electron chi connectivity index (χ0n) is 11.5. The minimum absolute atomic E-state index is 0.920. The van der Waals surface area contributed by atoms with Crippen LogP contribution in [-0.2, 0) is 6.54 Å². The third-order valence-electron chi connectivity index (χ3n) is 4.10. The van der Waals surface area contributed by atoms with E-state index in [-0.39, 0.29) is 0 Å². The van der Waals surface area contributed by atoms with Crippen LogP contribution in [-0.4, -0.2) is 13.7 Å². The fourth-order valence-electron chi connectivity index (χ4n) is 2.63. The minimum atomic E-state index is 0.920. The molecule has 1 fully saturated rings. The molecule has 3 rings (SSSR count). The molecular weight excluding hydrogens is 234 g/mol. The quantitative estimate of drug-likeness (QED) is 0.878. The van der Waals surface area contributed by atoms with Crippen molar-refractivity contribution < 1.29 is 4.74 Å². The van der Waals surface area contributed by atoms with Gasteiger partial charge in [-0.1, -0.05) is 24.6 Å². The summed E-state index contributed by atoms with van der Waals surface area (Å²) in [4.78, 5) is 0. The molecule has 0 unspecified atom stereocenters. The van der Waals surface area contributed by atoms with Crippen LogP contribution < -0.4 is 10.1 Å². The second-order valence-electron chi connectivity index (χ2n) is 5.48. The van der Waals surface area contributed by atoms with Gasteiger partial charge in [0.05, 0.1) is 7.11 Å².